The van der Waals surface area contributed by atoms with Gasteiger partial charge in [-0.2, -0.15) is 5.10 Å². The third-order valence-corrected chi connectivity index (χ3v) is 4.42. The minimum absolute atomic E-state index is 0.155. The van der Waals surface area contributed by atoms with Gasteiger partial charge in [-0.25, -0.2) is 9.48 Å². The Labute approximate surface area is 156 Å². The molecule has 0 aliphatic carbocycles. The predicted octanol–water partition coefficient (Wildman–Crippen LogP) is 4.47. The van der Waals surface area contributed by atoms with Crippen LogP contribution in [0.2, 0.25) is 5.15 Å². The van der Waals surface area contributed by atoms with Gasteiger partial charge in [0.1, 0.15) is 5.15 Å². The fraction of sp³-hybridized carbons (Fsp3) is 0.150. The van der Waals surface area contributed by atoms with Crippen molar-refractivity contribution in [1.29, 1.82) is 0 Å². The quantitative estimate of drug-likeness (QED) is 0.722. The van der Waals surface area contributed by atoms with Crippen molar-refractivity contribution >= 4 is 29.7 Å². The molecule has 2 aromatic heterocycles. The molecule has 6 heteroatoms. The van der Waals surface area contributed by atoms with Crippen LogP contribution < -0.4 is 0 Å². The molecule has 0 bridgehead atoms. The Bertz CT molecular complexity index is 958. The van der Waals surface area contributed by atoms with E-state index in [-0.39, 0.29) is 5.56 Å². The van der Waals surface area contributed by atoms with Crippen LogP contribution in [-0.2, 0) is 6.54 Å². The van der Waals surface area contributed by atoms with Crippen molar-refractivity contribution in [2.24, 2.45) is 0 Å². The van der Waals surface area contributed by atoms with E-state index in [1.165, 1.54) is 17.8 Å². The number of carboxylic acids is 1. The molecule has 0 atom stereocenters. The number of nitrogens with zero attached hydrogens (tertiary/aromatic N) is 3. The van der Waals surface area contributed by atoms with Crippen LogP contribution in [0.3, 0.4) is 0 Å². The van der Waals surface area contributed by atoms with Gasteiger partial charge in [-0.15, -0.1) is 0 Å². The number of carboxylic acid groups (broad SMARTS) is 1. The van der Waals surface area contributed by atoms with Gasteiger partial charge in [0, 0.05) is 11.8 Å². The van der Waals surface area contributed by atoms with E-state index in [9.17, 15) is 4.79 Å². The van der Waals surface area contributed by atoms with E-state index in [1.807, 2.05) is 13.0 Å². The standard InChI is InChI=1S/C20H18ClN3O2/c1-13-3-5-15(6-4-13)12-24-19(21)18(14(2)23-24)10-9-17-8-7-16(11-22-17)20(25)26/h3-11H,12H2,1-2H3,(H,25,26)/b10-9+. The first kappa shape index (κ1) is 17.9. The molecule has 0 saturated carbocycles. The minimum atomic E-state index is -0.996. The average Bonchev–Trinajstić information content (AvgIpc) is 2.89. The smallest absolute Gasteiger partial charge is 0.337 e. The van der Waals surface area contributed by atoms with E-state index in [2.05, 4.69) is 41.3 Å². The summed E-state index contributed by atoms with van der Waals surface area (Å²) in [6.07, 6.45) is 4.97. The van der Waals surface area contributed by atoms with E-state index in [0.29, 0.717) is 17.4 Å². The van der Waals surface area contributed by atoms with Crippen molar-refractivity contribution < 1.29 is 9.90 Å². The summed E-state index contributed by atoms with van der Waals surface area (Å²) in [6, 6.07) is 11.4. The number of aryl methyl sites for hydroxylation is 2. The molecule has 26 heavy (non-hydrogen) atoms. The summed E-state index contributed by atoms with van der Waals surface area (Å²) in [5.74, 6) is -0.996. The van der Waals surface area contributed by atoms with Crippen LogP contribution in [0.4, 0.5) is 0 Å². The zero-order chi connectivity index (χ0) is 18.7. The maximum Gasteiger partial charge on any atom is 0.337 e. The van der Waals surface area contributed by atoms with E-state index in [0.717, 1.165) is 16.8 Å². The van der Waals surface area contributed by atoms with E-state index in [4.69, 9.17) is 16.7 Å². The molecule has 0 radical (unpaired) electrons. The zero-order valence-corrected chi connectivity index (χ0v) is 15.2. The molecular formula is C20H18ClN3O2. The van der Waals surface area contributed by atoms with Gasteiger partial charge in [0.2, 0.25) is 0 Å². The number of carbonyl (C=O) groups is 1. The molecule has 5 nitrogen and oxygen atoms in total. The van der Waals surface area contributed by atoms with Crippen molar-refractivity contribution in [2.75, 3.05) is 0 Å². The summed E-state index contributed by atoms with van der Waals surface area (Å²) in [5.41, 5.74) is 4.78. The highest BCUT2D eigenvalue weighted by molar-refractivity contribution is 6.31. The zero-order valence-electron chi connectivity index (χ0n) is 14.5. The molecule has 1 N–H and O–H groups in total. The summed E-state index contributed by atoms with van der Waals surface area (Å²) in [4.78, 5) is 15.0. The Balaban J connectivity index is 1.81. The molecule has 0 aliphatic heterocycles. The summed E-state index contributed by atoms with van der Waals surface area (Å²) in [6.45, 7) is 4.55. The molecule has 3 aromatic rings. The first-order valence-corrected chi connectivity index (χ1v) is 8.47. The first-order valence-electron chi connectivity index (χ1n) is 8.10. The summed E-state index contributed by atoms with van der Waals surface area (Å²) >= 11 is 6.49. The van der Waals surface area contributed by atoms with Crippen molar-refractivity contribution in [3.05, 3.63) is 81.4 Å². The maximum absolute atomic E-state index is 10.9. The Morgan fingerprint density at radius 1 is 1.15 bits per heavy atom. The Morgan fingerprint density at radius 2 is 1.88 bits per heavy atom. The van der Waals surface area contributed by atoms with E-state index in [1.54, 1.807) is 16.8 Å². The highest BCUT2D eigenvalue weighted by Gasteiger charge is 2.11. The lowest BCUT2D eigenvalue weighted by Gasteiger charge is -2.04. The lowest BCUT2D eigenvalue weighted by Crippen LogP contribution is -2.02. The fourth-order valence-electron chi connectivity index (χ4n) is 2.53. The summed E-state index contributed by atoms with van der Waals surface area (Å²) in [5, 5.41) is 14.0. The lowest BCUT2D eigenvalue weighted by atomic mass is 10.1. The molecule has 2 heterocycles. The van der Waals surface area contributed by atoms with Gasteiger partial charge < -0.3 is 5.11 Å². The number of aromatic nitrogens is 3. The number of benzene rings is 1. The van der Waals surface area contributed by atoms with Crippen LogP contribution >= 0.6 is 11.6 Å². The van der Waals surface area contributed by atoms with Crippen LogP contribution in [0.15, 0.2) is 42.6 Å². The summed E-state index contributed by atoms with van der Waals surface area (Å²) < 4.78 is 1.77. The maximum atomic E-state index is 10.9. The highest BCUT2D eigenvalue weighted by atomic mass is 35.5. The van der Waals surface area contributed by atoms with Crippen molar-refractivity contribution in [3.8, 4) is 0 Å². The van der Waals surface area contributed by atoms with Crippen LogP contribution in [0.1, 0.15) is 38.4 Å². The number of halogens is 1. The van der Waals surface area contributed by atoms with Crippen molar-refractivity contribution in [1.82, 2.24) is 14.8 Å². The second kappa shape index (κ2) is 7.54. The first-order chi connectivity index (χ1) is 12.4. The third kappa shape index (κ3) is 4.00. The number of pyridine rings is 1. The molecule has 0 amide bonds. The van der Waals surface area contributed by atoms with Crippen LogP contribution in [-0.4, -0.2) is 25.8 Å². The lowest BCUT2D eigenvalue weighted by molar-refractivity contribution is 0.0696. The predicted molar refractivity (Wildman–Crippen MR) is 102 cm³/mol. The van der Waals surface area contributed by atoms with Crippen LogP contribution in [0.25, 0.3) is 12.2 Å². The number of rotatable bonds is 5. The molecular weight excluding hydrogens is 350 g/mol. The van der Waals surface area contributed by atoms with Gasteiger partial charge in [-0.05, 0) is 43.7 Å². The molecule has 0 aliphatic rings. The number of aromatic carboxylic acids is 1. The van der Waals surface area contributed by atoms with Gasteiger partial charge >= 0.3 is 5.97 Å². The summed E-state index contributed by atoms with van der Waals surface area (Å²) in [7, 11) is 0. The highest BCUT2D eigenvalue weighted by Crippen LogP contribution is 2.23. The van der Waals surface area contributed by atoms with Crippen molar-refractivity contribution in [2.45, 2.75) is 20.4 Å². The van der Waals surface area contributed by atoms with Crippen LogP contribution in [0.5, 0.6) is 0 Å². The van der Waals surface area contributed by atoms with Gasteiger partial charge in [0.25, 0.3) is 0 Å². The Morgan fingerprint density at radius 3 is 2.50 bits per heavy atom. The SMILES string of the molecule is Cc1ccc(Cn2nc(C)c(/C=C/c3ccc(C(=O)O)cn3)c2Cl)cc1. The number of hydrogen-bond acceptors (Lipinski definition) is 3. The van der Waals surface area contributed by atoms with Crippen molar-refractivity contribution in [3.63, 3.8) is 0 Å². The minimum Gasteiger partial charge on any atom is -0.478 e. The monoisotopic (exact) mass is 367 g/mol. The Kier molecular flexibility index (Phi) is 5.19. The average molecular weight is 368 g/mol. The third-order valence-electron chi connectivity index (χ3n) is 4.02. The van der Waals surface area contributed by atoms with E-state index < -0.39 is 5.97 Å². The van der Waals surface area contributed by atoms with Crippen LogP contribution in [0, 0.1) is 13.8 Å². The van der Waals surface area contributed by atoms with Gasteiger partial charge in [-0.1, -0.05) is 41.4 Å². The Hall–Kier alpha value is -2.92. The topological polar surface area (TPSA) is 68.0 Å². The molecule has 3 rings (SSSR count). The number of hydrogen-bond donors (Lipinski definition) is 1. The molecule has 0 saturated heterocycles. The largest absolute Gasteiger partial charge is 0.478 e. The van der Waals surface area contributed by atoms with E-state index >= 15 is 0 Å². The molecule has 0 unspecified atom stereocenters. The molecule has 0 fully saturated rings. The van der Waals surface area contributed by atoms with Gasteiger partial charge in [-0.3, -0.25) is 4.98 Å². The fourth-order valence-corrected chi connectivity index (χ4v) is 2.82. The van der Waals surface area contributed by atoms with Gasteiger partial charge in [0.05, 0.1) is 23.5 Å². The molecule has 132 valence electrons. The second-order valence-electron chi connectivity index (χ2n) is 6.04. The molecule has 0 spiro atoms. The molecule has 1 aromatic carbocycles. The van der Waals surface area contributed by atoms with Gasteiger partial charge in [0.15, 0.2) is 0 Å². The normalized spacial score (nSPS) is 11.2. The second-order valence-corrected chi connectivity index (χ2v) is 6.40.